The number of carbonyl (C=O) groups excluding carboxylic acids is 1. The van der Waals surface area contributed by atoms with Crippen LogP contribution in [0.3, 0.4) is 0 Å². The van der Waals surface area contributed by atoms with Crippen molar-refractivity contribution in [1.82, 2.24) is 0 Å². The van der Waals surface area contributed by atoms with Crippen molar-refractivity contribution in [2.75, 3.05) is 26.4 Å². The molecule has 1 spiro atoms. The molecule has 3 aliphatic heterocycles. The van der Waals surface area contributed by atoms with E-state index in [4.69, 9.17) is 18.9 Å². The Labute approximate surface area is 123 Å². The molecule has 2 saturated heterocycles. The molecule has 0 bridgehead atoms. The molecule has 0 amide bonds. The van der Waals surface area contributed by atoms with Crippen LogP contribution in [0.1, 0.15) is 29.6 Å². The Bertz CT molecular complexity index is 562. The zero-order valence-electron chi connectivity index (χ0n) is 11.8. The third-order valence-electron chi connectivity index (χ3n) is 4.43. The van der Waals surface area contributed by atoms with Crippen molar-refractivity contribution in [3.05, 3.63) is 23.8 Å². The molecule has 2 unspecified atom stereocenters. The molecule has 0 aromatic heterocycles. The van der Waals surface area contributed by atoms with Crippen LogP contribution in [0, 0.1) is 0 Å². The van der Waals surface area contributed by atoms with E-state index < -0.39 is 0 Å². The van der Waals surface area contributed by atoms with Gasteiger partial charge in [-0.15, -0.1) is 0 Å². The average Bonchev–Trinajstić information content (AvgIpc) is 3.07. The number of fused-ring (bicyclic) bond motifs is 1. The Morgan fingerprint density at radius 3 is 3.10 bits per heavy atom. The van der Waals surface area contributed by atoms with Gasteiger partial charge in [0.1, 0.15) is 17.6 Å². The fraction of sp³-hybridized carbons (Fsp3) is 0.562. The molecular weight excluding hydrogens is 272 g/mol. The van der Waals surface area contributed by atoms with Gasteiger partial charge in [-0.3, -0.25) is 4.79 Å². The predicted octanol–water partition coefficient (Wildman–Crippen LogP) is 1.98. The van der Waals surface area contributed by atoms with E-state index in [0.717, 1.165) is 31.6 Å². The quantitative estimate of drug-likeness (QED) is 0.833. The van der Waals surface area contributed by atoms with Crippen molar-refractivity contribution in [2.45, 2.75) is 31.0 Å². The van der Waals surface area contributed by atoms with Crippen molar-refractivity contribution in [3.63, 3.8) is 0 Å². The highest BCUT2D eigenvalue weighted by atomic mass is 16.6. The van der Waals surface area contributed by atoms with Crippen molar-refractivity contribution < 1.29 is 23.7 Å². The topological polar surface area (TPSA) is 54.0 Å². The maximum Gasteiger partial charge on any atom is 0.203 e. The molecule has 0 N–H and O–H groups in total. The molecule has 4 rings (SSSR count). The zero-order chi connectivity index (χ0) is 14.3. The lowest BCUT2D eigenvalue weighted by atomic mass is 9.91. The molecule has 2 fully saturated rings. The van der Waals surface area contributed by atoms with Gasteiger partial charge in [0.05, 0.1) is 24.4 Å². The van der Waals surface area contributed by atoms with Gasteiger partial charge in [-0.25, -0.2) is 0 Å². The number of rotatable bonds is 2. The van der Waals surface area contributed by atoms with Crippen LogP contribution in [0.15, 0.2) is 18.2 Å². The summed E-state index contributed by atoms with van der Waals surface area (Å²) < 4.78 is 22.8. The van der Waals surface area contributed by atoms with Gasteiger partial charge in [-0.2, -0.15) is 0 Å². The number of ketones is 1. The van der Waals surface area contributed by atoms with E-state index in [1.807, 2.05) is 12.1 Å². The second kappa shape index (κ2) is 5.00. The first kappa shape index (κ1) is 13.1. The van der Waals surface area contributed by atoms with E-state index >= 15 is 0 Å². The third-order valence-corrected chi connectivity index (χ3v) is 4.43. The van der Waals surface area contributed by atoms with E-state index in [1.54, 1.807) is 6.07 Å². The molecule has 1 aromatic rings. The van der Waals surface area contributed by atoms with Crippen LogP contribution in [0.5, 0.6) is 11.5 Å². The third kappa shape index (κ3) is 2.40. The molecule has 2 atom stereocenters. The Morgan fingerprint density at radius 2 is 2.24 bits per heavy atom. The molecule has 0 aliphatic carbocycles. The van der Waals surface area contributed by atoms with Gasteiger partial charge in [0.25, 0.3) is 0 Å². The van der Waals surface area contributed by atoms with Gasteiger partial charge in [0.2, 0.25) is 5.78 Å². The molecule has 21 heavy (non-hydrogen) atoms. The maximum atomic E-state index is 11.5. The first-order valence-electron chi connectivity index (χ1n) is 7.43. The molecule has 0 saturated carbocycles. The van der Waals surface area contributed by atoms with Gasteiger partial charge in [0, 0.05) is 31.9 Å². The number of carbonyl (C=O) groups is 1. The van der Waals surface area contributed by atoms with Crippen molar-refractivity contribution in [1.29, 1.82) is 0 Å². The second-order valence-corrected chi connectivity index (χ2v) is 5.94. The largest absolute Gasteiger partial charge is 0.490 e. The SMILES string of the molecule is O=C1COc2cc(OC3CCOC4(CCOC4)C3)ccc21. The second-order valence-electron chi connectivity index (χ2n) is 5.94. The summed E-state index contributed by atoms with van der Waals surface area (Å²) in [5, 5.41) is 0. The normalized spacial score (nSPS) is 31.2. The monoisotopic (exact) mass is 290 g/mol. The number of ether oxygens (including phenoxy) is 4. The summed E-state index contributed by atoms with van der Waals surface area (Å²) in [4.78, 5) is 11.5. The van der Waals surface area contributed by atoms with Crippen LogP contribution in [-0.4, -0.2) is 43.9 Å². The van der Waals surface area contributed by atoms with Gasteiger partial charge >= 0.3 is 0 Å². The molecule has 112 valence electrons. The lowest BCUT2D eigenvalue weighted by Crippen LogP contribution is -2.44. The number of Topliss-reactive ketones (excluding diaryl/α,β-unsaturated/α-hetero) is 1. The Hall–Kier alpha value is -1.59. The van der Waals surface area contributed by atoms with Crippen LogP contribution in [-0.2, 0) is 9.47 Å². The molecule has 5 heteroatoms. The smallest absolute Gasteiger partial charge is 0.203 e. The van der Waals surface area contributed by atoms with E-state index in [-0.39, 0.29) is 24.1 Å². The highest BCUT2D eigenvalue weighted by molar-refractivity contribution is 6.02. The lowest BCUT2D eigenvalue weighted by molar-refractivity contribution is -0.112. The van der Waals surface area contributed by atoms with E-state index in [1.165, 1.54) is 0 Å². The van der Waals surface area contributed by atoms with Crippen molar-refractivity contribution in [2.24, 2.45) is 0 Å². The minimum absolute atomic E-state index is 0.0321. The van der Waals surface area contributed by atoms with E-state index in [2.05, 4.69) is 0 Å². The lowest BCUT2D eigenvalue weighted by Gasteiger charge is -2.37. The molecule has 1 aromatic carbocycles. The first-order chi connectivity index (χ1) is 10.2. The summed E-state index contributed by atoms with van der Waals surface area (Å²) in [5.41, 5.74) is 0.488. The van der Waals surface area contributed by atoms with Crippen LogP contribution < -0.4 is 9.47 Å². The van der Waals surface area contributed by atoms with Gasteiger partial charge < -0.3 is 18.9 Å². The molecule has 0 radical (unpaired) electrons. The molecule has 5 nitrogen and oxygen atoms in total. The number of benzene rings is 1. The summed E-state index contributed by atoms with van der Waals surface area (Å²) in [6.45, 7) is 2.26. The fourth-order valence-electron chi connectivity index (χ4n) is 3.29. The Balaban J connectivity index is 1.47. The van der Waals surface area contributed by atoms with Crippen molar-refractivity contribution in [3.8, 4) is 11.5 Å². The fourth-order valence-corrected chi connectivity index (χ4v) is 3.29. The highest BCUT2D eigenvalue weighted by Gasteiger charge is 2.41. The minimum Gasteiger partial charge on any atom is -0.490 e. The highest BCUT2D eigenvalue weighted by Crippen LogP contribution is 2.36. The molecular formula is C16H18O5. The summed E-state index contributed by atoms with van der Waals surface area (Å²) in [7, 11) is 0. The summed E-state index contributed by atoms with van der Waals surface area (Å²) in [6.07, 6.45) is 2.78. The van der Waals surface area contributed by atoms with Crippen LogP contribution in [0.25, 0.3) is 0 Å². The van der Waals surface area contributed by atoms with E-state index in [9.17, 15) is 4.79 Å². The van der Waals surface area contributed by atoms with Crippen molar-refractivity contribution >= 4 is 5.78 Å². The summed E-state index contributed by atoms with van der Waals surface area (Å²) in [6, 6.07) is 5.44. The predicted molar refractivity (Wildman–Crippen MR) is 74.0 cm³/mol. The van der Waals surface area contributed by atoms with Crippen LogP contribution >= 0.6 is 0 Å². The average molecular weight is 290 g/mol. The summed E-state index contributed by atoms with van der Waals surface area (Å²) >= 11 is 0. The Kier molecular flexibility index (Phi) is 3.12. The molecule has 3 heterocycles. The summed E-state index contributed by atoms with van der Waals surface area (Å²) in [5.74, 6) is 1.41. The van der Waals surface area contributed by atoms with Crippen LogP contribution in [0.2, 0.25) is 0 Å². The van der Waals surface area contributed by atoms with Crippen LogP contribution in [0.4, 0.5) is 0 Å². The molecule has 3 aliphatic rings. The number of hydrogen-bond donors (Lipinski definition) is 0. The Morgan fingerprint density at radius 1 is 1.29 bits per heavy atom. The van der Waals surface area contributed by atoms with Gasteiger partial charge in [-0.05, 0) is 12.1 Å². The zero-order valence-corrected chi connectivity index (χ0v) is 11.8. The minimum atomic E-state index is -0.161. The number of hydrogen-bond acceptors (Lipinski definition) is 5. The maximum absolute atomic E-state index is 11.5. The van der Waals surface area contributed by atoms with Gasteiger partial charge in [-0.1, -0.05) is 0 Å². The first-order valence-corrected chi connectivity index (χ1v) is 7.43. The van der Waals surface area contributed by atoms with Gasteiger partial charge in [0.15, 0.2) is 6.61 Å². The standard InChI is InChI=1S/C16H18O5/c17-14-9-19-15-7-11(1-2-13(14)15)21-12-3-5-20-16(8-12)4-6-18-10-16/h1-2,7,12H,3-6,8-10H2. The van der Waals surface area contributed by atoms with E-state index in [0.29, 0.717) is 24.5 Å².